The highest BCUT2D eigenvalue weighted by Gasteiger charge is 2.07. The maximum atomic E-state index is 10.7. The highest BCUT2D eigenvalue weighted by Crippen LogP contribution is 2.30. The summed E-state index contributed by atoms with van der Waals surface area (Å²) < 4.78 is 33.2. The number of nitrogens with one attached hydrogen (secondary N) is 1. The lowest BCUT2D eigenvalue weighted by Gasteiger charge is -2.02. The number of fused-ring (bicyclic) bond motifs is 1. The number of thiazole rings is 1. The van der Waals surface area contributed by atoms with Crippen molar-refractivity contribution in [2.24, 2.45) is 0 Å². The van der Waals surface area contributed by atoms with Crippen molar-refractivity contribution in [1.29, 1.82) is 0 Å². The molecule has 3 aromatic rings. The van der Waals surface area contributed by atoms with Gasteiger partial charge in [-0.25, -0.2) is 4.98 Å². The first-order valence-electron chi connectivity index (χ1n) is 5.72. The Morgan fingerprint density at radius 3 is 2.40 bits per heavy atom. The lowest BCUT2D eigenvalue weighted by Crippen LogP contribution is -2.09. The first kappa shape index (κ1) is 13.0. The Kier molecular flexibility index (Phi) is 3.17. The van der Waals surface area contributed by atoms with Crippen LogP contribution in [-0.4, -0.2) is 18.0 Å². The van der Waals surface area contributed by atoms with E-state index in [0.29, 0.717) is 5.69 Å². The van der Waals surface area contributed by atoms with Gasteiger partial charge in [-0.1, -0.05) is 12.1 Å². The van der Waals surface area contributed by atoms with Crippen molar-refractivity contribution in [2.45, 2.75) is 0 Å². The van der Waals surface area contributed by atoms with Gasteiger partial charge in [0.2, 0.25) is 0 Å². The minimum atomic E-state index is -4.24. The van der Waals surface area contributed by atoms with Crippen LogP contribution in [0.4, 0.5) is 5.69 Å². The van der Waals surface area contributed by atoms with E-state index in [4.69, 9.17) is 4.55 Å². The number of anilines is 1. The second-order valence-corrected chi connectivity index (χ2v) is 6.33. The average molecular weight is 306 g/mol. The van der Waals surface area contributed by atoms with Crippen molar-refractivity contribution >= 4 is 37.5 Å². The van der Waals surface area contributed by atoms with Gasteiger partial charge in [0.15, 0.2) is 0 Å². The molecule has 102 valence electrons. The largest absolute Gasteiger partial charge is 0.357 e. The van der Waals surface area contributed by atoms with E-state index in [1.54, 1.807) is 35.6 Å². The maximum Gasteiger partial charge on any atom is 0.357 e. The standard InChI is InChI=1S/C13H10N2O3S2/c16-20(17,18)15-10-7-5-9(6-8-10)13-14-11-3-1-2-4-12(11)19-13/h1-8,15H,(H,16,17,18). The fourth-order valence-corrected chi connectivity index (χ4v) is 3.23. The van der Waals surface area contributed by atoms with Gasteiger partial charge < -0.3 is 0 Å². The third-order valence-electron chi connectivity index (χ3n) is 2.67. The molecule has 0 aliphatic carbocycles. The predicted octanol–water partition coefficient (Wildman–Crippen LogP) is 3.18. The van der Waals surface area contributed by atoms with Crippen molar-refractivity contribution in [2.75, 3.05) is 4.72 Å². The molecule has 0 saturated heterocycles. The molecule has 1 aromatic heterocycles. The SMILES string of the molecule is O=S(=O)(O)Nc1ccc(-c2nc3ccccc3s2)cc1. The van der Waals surface area contributed by atoms with Gasteiger partial charge >= 0.3 is 10.3 Å². The van der Waals surface area contributed by atoms with Crippen molar-refractivity contribution in [1.82, 2.24) is 4.98 Å². The monoisotopic (exact) mass is 306 g/mol. The quantitative estimate of drug-likeness (QED) is 0.728. The second-order valence-electron chi connectivity index (χ2n) is 4.14. The van der Waals surface area contributed by atoms with Crippen molar-refractivity contribution in [3.63, 3.8) is 0 Å². The number of rotatable bonds is 3. The highest BCUT2D eigenvalue weighted by molar-refractivity contribution is 7.87. The molecule has 0 unspecified atom stereocenters. The minimum absolute atomic E-state index is 0.303. The van der Waals surface area contributed by atoms with Crippen LogP contribution < -0.4 is 4.72 Å². The van der Waals surface area contributed by atoms with Gasteiger partial charge in [-0.15, -0.1) is 11.3 Å². The molecule has 0 atom stereocenters. The Balaban J connectivity index is 1.94. The van der Waals surface area contributed by atoms with Crippen LogP contribution in [0.2, 0.25) is 0 Å². The first-order valence-corrected chi connectivity index (χ1v) is 7.98. The van der Waals surface area contributed by atoms with E-state index in [0.717, 1.165) is 20.8 Å². The predicted molar refractivity (Wildman–Crippen MR) is 80.2 cm³/mol. The third kappa shape index (κ3) is 2.79. The molecule has 0 bridgehead atoms. The molecule has 0 aliphatic heterocycles. The molecule has 0 aliphatic rings. The van der Waals surface area contributed by atoms with Gasteiger partial charge in [-0.05, 0) is 36.4 Å². The van der Waals surface area contributed by atoms with Crippen LogP contribution >= 0.6 is 11.3 Å². The number of benzene rings is 2. The summed E-state index contributed by atoms with van der Waals surface area (Å²) in [4.78, 5) is 4.52. The smallest absolute Gasteiger partial charge is 0.269 e. The zero-order chi connectivity index (χ0) is 14.2. The fraction of sp³-hybridized carbons (Fsp3) is 0. The molecule has 3 rings (SSSR count). The molecule has 0 amide bonds. The summed E-state index contributed by atoms with van der Waals surface area (Å²) >= 11 is 1.57. The second kappa shape index (κ2) is 4.86. The summed E-state index contributed by atoms with van der Waals surface area (Å²) in [5.74, 6) is 0. The van der Waals surface area contributed by atoms with Gasteiger partial charge in [0, 0.05) is 5.56 Å². The van der Waals surface area contributed by atoms with E-state index >= 15 is 0 Å². The van der Waals surface area contributed by atoms with Crippen molar-refractivity contribution < 1.29 is 13.0 Å². The number of hydrogen-bond donors (Lipinski definition) is 2. The average Bonchev–Trinajstić information content (AvgIpc) is 2.81. The molecule has 2 aromatic carbocycles. The summed E-state index contributed by atoms with van der Waals surface area (Å²) in [6, 6.07) is 14.5. The van der Waals surface area contributed by atoms with Gasteiger partial charge in [0.1, 0.15) is 5.01 Å². The van der Waals surface area contributed by atoms with Crippen LogP contribution in [0.15, 0.2) is 48.5 Å². The number of para-hydroxylation sites is 1. The van der Waals surface area contributed by atoms with E-state index < -0.39 is 10.3 Å². The van der Waals surface area contributed by atoms with Crippen LogP contribution in [0.25, 0.3) is 20.8 Å². The Morgan fingerprint density at radius 1 is 1.05 bits per heavy atom. The summed E-state index contributed by atoms with van der Waals surface area (Å²) in [7, 11) is -4.24. The molecular weight excluding hydrogens is 296 g/mol. The molecule has 20 heavy (non-hydrogen) atoms. The molecule has 7 heteroatoms. The Bertz CT molecular complexity index is 822. The molecule has 0 spiro atoms. The highest BCUT2D eigenvalue weighted by atomic mass is 32.2. The van der Waals surface area contributed by atoms with Crippen LogP contribution in [0.5, 0.6) is 0 Å². The molecule has 0 radical (unpaired) electrons. The van der Waals surface area contributed by atoms with Crippen molar-refractivity contribution in [3.05, 3.63) is 48.5 Å². The summed E-state index contributed by atoms with van der Waals surface area (Å²) in [5, 5.41) is 0.865. The molecule has 2 N–H and O–H groups in total. The van der Waals surface area contributed by atoms with Gasteiger partial charge in [0.05, 0.1) is 15.9 Å². The molecule has 1 heterocycles. The zero-order valence-corrected chi connectivity index (χ0v) is 11.8. The van der Waals surface area contributed by atoms with Gasteiger partial charge in [0.25, 0.3) is 0 Å². The molecule has 0 fully saturated rings. The van der Waals surface area contributed by atoms with Crippen LogP contribution in [-0.2, 0) is 10.3 Å². The third-order valence-corrected chi connectivity index (χ3v) is 4.25. The Morgan fingerprint density at radius 2 is 1.75 bits per heavy atom. The number of aromatic nitrogens is 1. The van der Waals surface area contributed by atoms with E-state index in [2.05, 4.69) is 4.98 Å². The lowest BCUT2D eigenvalue weighted by molar-refractivity contribution is 0.490. The van der Waals surface area contributed by atoms with Crippen LogP contribution in [0.3, 0.4) is 0 Å². The zero-order valence-electron chi connectivity index (χ0n) is 10.1. The molecular formula is C13H10N2O3S2. The van der Waals surface area contributed by atoms with E-state index in [9.17, 15) is 8.42 Å². The van der Waals surface area contributed by atoms with Gasteiger partial charge in [-0.3, -0.25) is 9.27 Å². The maximum absolute atomic E-state index is 10.7. The topological polar surface area (TPSA) is 79.3 Å². The van der Waals surface area contributed by atoms with Crippen LogP contribution in [0, 0.1) is 0 Å². The molecule has 0 saturated carbocycles. The number of hydrogen-bond acceptors (Lipinski definition) is 4. The van der Waals surface area contributed by atoms with E-state index in [-0.39, 0.29) is 0 Å². The van der Waals surface area contributed by atoms with Gasteiger partial charge in [-0.2, -0.15) is 8.42 Å². The number of nitrogens with zero attached hydrogens (tertiary/aromatic N) is 1. The first-order chi connectivity index (χ1) is 9.51. The molecule has 5 nitrogen and oxygen atoms in total. The fourth-order valence-electron chi connectivity index (χ4n) is 1.83. The normalized spacial score (nSPS) is 11.7. The van der Waals surface area contributed by atoms with E-state index in [1.165, 1.54) is 0 Å². The Labute approximate surface area is 119 Å². The van der Waals surface area contributed by atoms with Crippen molar-refractivity contribution in [3.8, 4) is 10.6 Å². The lowest BCUT2D eigenvalue weighted by atomic mass is 10.2. The summed E-state index contributed by atoms with van der Waals surface area (Å²) in [5.41, 5.74) is 2.14. The van der Waals surface area contributed by atoms with E-state index in [1.807, 2.05) is 29.0 Å². The summed E-state index contributed by atoms with van der Waals surface area (Å²) in [6.07, 6.45) is 0. The summed E-state index contributed by atoms with van der Waals surface area (Å²) in [6.45, 7) is 0. The van der Waals surface area contributed by atoms with Crippen LogP contribution in [0.1, 0.15) is 0 Å². The Hall–Kier alpha value is -1.96. The minimum Gasteiger partial charge on any atom is -0.269 e.